The van der Waals surface area contributed by atoms with Crippen LogP contribution in [-0.2, 0) is 0 Å². The number of nitrogens with zero attached hydrogens (tertiary/aromatic N) is 4. The van der Waals surface area contributed by atoms with E-state index in [9.17, 15) is 4.39 Å². The molecule has 3 aromatic carbocycles. The number of aromatic nitrogens is 4. The number of hydrogen-bond donors (Lipinski definition) is 1. The van der Waals surface area contributed by atoms with Crippen LogP contribution in [0.1, 0.15) is 5.56 Å². The molecular formula is C24H17ClFN5. The highest BCUT2D eigenvalue weighted by Crippen LogP contribution is 2.29. The zero-order valence-electron chi connectivity index (χ0n) is 16.6. The van der Waals surface area contributed by atoms with Gasteiger partial charge < -0.3 is 5.32 Å². The van der Waals surface area contributed by atoms with Gasteiger partial charge in [0.15, 0.2) is 0 Å². The number of hydrogen-bond acceptors (Lipinski definition) is 4. The molecule has 0 atom stereocenters. The summed E-state index contributed by atoms with van der Waals surface area (Å²) in [4.78, 5) is 4.76. The first-order valence-corrected chi connectivity index (χ1v) is 10.1. The molecule has 0 aliphatic heterocycles. The molecule has 152 valence electrons. The smallest absolute Gasteiger partial charge is 0.131 e. The monoisotopic (exact) mass is 429 g/mol. The molecular weight excluding hydrogens is 413 g/mol. The van der Waals surface area contributed by atoms with Gasteiger partial charge in [-0.15, -0.1) is 5.10 Å². The second-order valence-electron chi connectivity index (χ2n) is 7.18. The van der Waals surface area contributed by atoms with Crippen molar-refractivity contribution >= 4 is 33.9 Å². The Bertz CT molecular complexity index is 1400. The van der Waals surface area contributed by atoms with Gasteiger partial charge in [-0.1, -0.05) is 22.9 Å². The fourth-order valence-electron chi connectivity index (χ4n) is 3.39. The average molecular weight is 430 g/mol. The van der Waals surface area contributed by atoms with E-state index in [-0.39, 0.29) is 5.82 Å². The second kappa shape index (κ2) is 7.81. The molecule has 0 spiro atoms. The molecule has 0 amide bonds. The van der Waals surface area contributed by atoms with Gasteiger partial charge in [-0.25, -0.2) is 14.1 Å². The zero-order chi connectivity index (χ0) is 21.4. The lowest BCUT2D eigenvalue weighted by Crippen LogP contribution is -1.94. The number of pyridine rings is 1. The quantitative estimate of drug-likeness (QED) is 0.363. The maximum Gasteiger partial charge on any atom is 0.131 e. The third-order valence-corrected chi connectivity index (χ3v) is 5.44. The minimum Gasteiger partial charge on any atom is -0.355 e. The lowest BCUT2D eigenvalue weighted by atomic mass is 10.1. The van der Waals surface area contributed by atoms with E-state index in [4.69, 9.17) is 16.6 Å². The Morgan fingerprint density at radius 1 is 0.935 bits per heavy atom. The lowest BCUT2D eigenvalue weighted by Gasteiger charge is -2.11. The summed E-state index contributed by atoms with van der Waals surface area (Å²) in [7, 11) is 0. The van der Waals surface area contributed by atoms with Crippen LogP contribution in [0.2, 0.25) is 5.02 Å². The number of nitrogens with one attached hydrogen (secondary N) is 1. The van der Waals surface area contributed by atoms with Crippen molar-refractivity contribution in [3.63, 3.8) is 0 Å². The van der Waals surface area contributed by atoms with Crippen LogP contribution in [0, 0.1) is 12.7 Å². The standard InChI is InChI=1S/C24H17ClFN5/c1-15-13-17(7-11-20(15)25)27-21-3-2-4-22-19(21)10-12-23(28-22)24-14-31(30-29-24)18-8-5-16(26)6-9-18/h2-14,27H,1H3. The molecule has 5 nitrogen and oxygen atoms in total. The molecule has 0 aliphatic rings. The molecule has 0 saturated heterocycles. The predicted molar refractivity (Wildman–Crippen MR) is 122 cm³/mol. The number of fused-ring (bicyclic) bond motifs is 1. The van der Waals surface area contributed by atoms with E-state index in [1.54, 1.807) is 23.0 Å². The largest absolute Gasteiger partial charge is 0.355 e. The van der Waals surface area contributed by atoms with Crippen molar-refractivity contribution in [2.45, 2.75) is 6.92 Å². The van der Waals surface area contributed by atoms with Crippen LogP contribution in [0.25, 0.3) is 28.0 Å². The Kier molecular flexibility index (Phi) is 4.84. The maximum atomic E-state index is 13.2. The van der Waals surface area contributed by atoms with Gasteiger partial charge in [0.1, 0.15) is 11.5 Å². The minimum atomic E-state index is -0.293. The number of anilines is 2. The van der Waals surface area contributed by atoms with Crippen LogP contribution in [0.5, 0.6) is 0 Å². The number of aryl methyl sites for hydroxylation is 1. The Hall–Kier alpha value is -3.77. The Balaban J connectivity index is 1.47. The van der Waals surface area contributed by atoms with Crippen LogP contribution >= 0.6 is 11.6 Å². The van der Waals surface area contributed by atoms with Crippen LogP contribution in [0.3, 0.4) is 0 Å². The topological polar surface area (TPSA) is 55.6 Å². The molecule has 0 fully saturated rings. The van der Waals surface area contributed by atoms with Crippen LogP contribution in [-0.4, -0.2) is 20.0 Å². The fourth-order valence-corrected chi connectivity index (χ4v) is 3.50. The van der Waals surface area contributed by atoms with Crippen LogP contribution < -0.4 is 5.32 Å². The van der Waals surface area contributed by atoms with Crippen molar-refractivity contribution in [2.75, 3.05) is 5.32 Å². The van der Waals surface area contributed by atoms with Gasteiger partial charge in [0.05, 0.1) is 23.1 Å². The van der Waals surface area contributed by atoms with Gasteiger partial charge in [-0.05, 0) is 79.2 Å². The van der Waals surface area contributed by atoms with Gasteiger partial charge in [-0.2, -0.15) is 0 Å². The van der Waals surface area contributed by atoms with E-state index in [0.29, 0.717) is 11.4 Å². The molecule has 0 bridgehead atoms. The molecule has 5 rings (SSSR count). The predicted octanol–water partition coefficient (Wildman–Crippen LogP) is 6.33. The van der Waals surface area contributed by atoms with E-state index in [1.165, 1.54) is 12.1 Å². The minimum absolute atomic E-state index is 0.293. The first-order valence-electron chi connectivity index (χ1n) is 9.68. The maximum absolute atomic E-state index is 13.2. The first kappa shape index (κ1) is 19.2. The van der Waals surface area contributed by atoms with Crippen molar-refractivity contribution in [3.8, 4) is 17.1 Å². The van der Waals surface area contributed by atoms with Crippen molar-refractivity contribution in [2.24, 2.45) is 0 Å². The van der Waals surface area contributed by atoms with E-state index in [2.05, 4.69) is 15.6 Å². The summed E-state index contributed by atoms with van der Waals surface area (Å²) in [6, 6.07) is 21.8. The van der Waals surface area contributed by atoms with Crippen LogP contribution in [0.15, 0.2) is 79.0 Å². The Labute approximate surface area is 183 Å². The summed E-state index contributed by atoms with van der Waals surface area (Å²) < 4.78 is 14.8. The fraction of sp³-hybridized carbons (Fsp3) is 0.0417. The van der Waals surface area contributed by atoms with Gasteiger partial charge in [0, 0.05) is 21.8 Å². The average Bonchev–Trinajstić information content (AvgIpc) is 3.27. The van der Waals surface area contributed by atoms with Crippen LogP contribution in [0.4, 0.5) is 15.8 Å². The van der Waals surface area contributed by atoms with Gasteiger partial charge >= 0.3 is 0 Å². The summed E-state index contributed by atoms with van der Waals surface area (Å²) >= 11 is 6.13. The molecule has 7 heteroatoms. The normalized spacial score (nSPS) is 11.1. The van der Waals surface area contributed by atoms with E-state index in [1.807, 2.05) is 55.5 Å². The molecule has 0 radical (unpaired) electrons. The molecule has 0 saturated carbocycles. The van der Waals surface area contributed by atoms with Gasteiger partial charge in [0.25, 0.3) is 0 Å². The summed E-state index contributed by atoms with van der Waals surface area (Å²) in [5.41, 5.74) is 5.83. The SMILES string of the molecule is Cc1cc(Nc2cccc3nc(-c4cn(-c5ccc(F)cc5)nn4)ccc23)ccc1Cl. The van der Waals surface area contributed by atoms with E-state index >= 15 is 0 Å². The molecule has 5 aromatic rings. The van der Waals surface area contributed by atoms with Gasteiger partial charge in [0.2, 0.25) is 0 Å². The van der Waals surface area contributed by atoms with Crippen molar-refractivity contribution in [1.82, 2.24) is 20.0 Å². The third kappa shape index (κ3) is 3.85. The van der Waals surface area contributed by atoms with E-state index < -0.39 is 0 Å². The molecule has 1 N–H and O–H groups in total. The summed E-state index contributed by atoms with van der Waals surface area (Å²) in [6.45, 7) is 1.98. The summed E-state index contributed by atoms with van der Waals surface area (Å²) in [6.07, 6.45) is 1.78. The lowest BCUT2D eigenvalue weighted by molar-refractivity contribution is 0.626. The van der Waals surface area contributed by atoms with Crippen molar-refractivity contribution in [3.05, 3.63) is 95.4 Å². The Morgan fingerprint density at radius 2 is 1.77 bits per heavy atom. The highest BCUT2D eigenvalue weighted by atomic mass is 35.5. The molecule has 0 aliphatic carbocycles. The zero-order valence-corrected chi connectivity index (χ0v) is 17.3. The number of halogens is 2. The van der Waals surface area contributed by atoms with Crippen molar-refractivity contribution in [1.29, 1.82) is 0 Å². The first-order chi connectivity index (χ1) is 15.1. The third-order valence-electron chi connectivity index (χ3n) is 5.02. The summed E-state index contributed by atoms with van der Waals surface area (Å²) in [5, 5.41) is 13.5. The highest BCUT2D eigenvalue weighted by molar-refractivity contribution is 6.31. The van der Waals surface area contributed by atoms with Gasteiger partial charge in [-0.3, -0.25) is 0 Å². The van der Waals surface area contributed by atoms with E-state index in [0.717, 1.165) is 38.6 Å². The highest BCUT2D eigenvalue weighted by Gasteiger charge is 2.10. The molecule has 0 unspecified atom stereocenters. The summed E-state index contributed by atoms with van der Waals surface area (Å²) in [5.74, 6) is -0.293. The number of rotatable bonds is 4. The van der Waals surface area contributed by atoms with Crippen molar-refractivity contribution < 1.29 is 4.39 Å². The molecule has 2 aromatic heterocycles. The Morgan fingerprint density at radius 3 is 2.58 bits per heavy atom. The molecule has 31 heavy (non-hydrogen) atoms. The number of benzene rings is 3. The second-order valence-corrected chi connectivity index (χ2v) is 7.59. The molecule has 2 heterocycles.